The summed E-state index contributed by atoms with van der Waals surface area (Å²) in [6.45, 7) is 0. The number of esters is 1. The maximum Gasteiger partial charge on any atom is 0.351 e. The minimum atomic E-state index is -0.900. The van der Waals surface area contributed by atoms with Crippen molar-refractivity contribution in [3.05, 3.63) is 95.6 Å². The van der Waals surface area contributed by atoms with Gasteiger partial charge in [0.15, 0.2) is 0 Å². The first-order valence-corrected chi connectivity index (χ1v) is 9.37. The summed E-state index contributed by atoms with van der Waals surface area (Å²) in [5.41, 5.74) is -1.34. The number of aromatic nitrogens is 2. The number of halogens is 2. The molecule has 3 rings (SSSR count). The molecule has 0 N–H and O–H groups in total. The van der Waals surface area contributed by atoms with Gasteiger partial charge in [-0.1, -0.05) is 24.3 Å². The summed E-state index contributed by atoms with van der Waals surface area (Å²) in [7, 11) is 2.71. The number of hydrogen-bond donors (Lipinski definition) is 0. The van der Waals surface area contributed by atoms with E-state index in [9.17, 15) is 18.8 Å². The molecule has 0 spiro atoms. The van der Waals surface area contributed by atoms with Gasteiger partial charge in [0.25, 0.3) is 5.56 Å². The van der Waals surface area contributed by atoms with Crippen LogP contribution in [0.2, 0.25) is 0 Å². The molecule has 1 aromatic heterocycles. The van der Waals surface area contributed by atoms with Crippen molar-refractivity contribution in [2.45, 2.75) is 6.42 Å². The Hall–Kier alpha value is -2.75. The van der Waals surface area contributed by atoms with Crippen LogP contribution in [0.25, 0.3) is 0 Å². The molecule has 3 aromatic rings. The average molecular weight is 494 g/mol. The van der Waals surface area contributed by atoms with Crippen LogP contribution < -0.4 is 16.0 Å². The standard InChI is InChI=1S/C20H16FIN2O4/c1-23-16(10-12-8-9-13(22)11-15(12)21)17(18(25)24(2)20(23)27)19(26)28-14-6-4-3-5-7-14/h3-9,11H,10H2,1-2H3. The number of carbonyl (C=O) groups excluding carboxylic acids is 1. The molecule has 0 amide bonds. The second-order valence-electron chi connectivity index (χ2n) is 6.14. The van der Waals surface area contributed by atoms with E-state index in [0.29, 0.717) is 3.57 Å². The molecule has 0 radical (unpaired) electrons. The lowest BCUT2D eigenvalue weighted by Gasteiger charge is -2.15. The van der Waals surface area contributed by atoms with Crippen molar-refractivity contribution in [1.82, 2.24) is 9.13 Å². The van der Waals surface area contributed by atoms with Crippen LogP contribution in [0.3, 0.4) is 0 Å². The summed E-state index contributed by atoms with van der Waals surface area (Å²) in [5, 5.41) is 0. The maximum atomic E-state index is 14.3. The highest BCUT2D eigenvalue weighted by molar-refractivity contribution is 14.1. The molecular formula is C20H16FIN2O4. The molecule has 0 aliphatic rings. The SMILES string of the molecule is Cn1c(Cc2ccc(I)cc2F)c(C(=O)Oc2ccccc2)c(=O)n(C)c1=O. The Bertz CT molecular complexity index is 1170. The van der Waals surface area contributed by atoms with Crippen LogP contribution in [-0.2, 0) is 20.5 Å². The Balaban J connectivity index is 2.14. The smallest absolute Gasteiger partial charge is 0.351 e. The van der Waals surface area contributed by atoms with Gasteiger partial charge in [-0.05, 0) is 52.4 Å². The molecule has 6 nitrogen and oxygen atoms in total. The Morgan fingerprint density at radius 2 is 1.75 bits per heavy atom. The van der Waals surface area contributed by atoms with Gasteiger partial charge in [0, 0.05) is 29.8 Å². The van der Waals surface area contributed by atoms with Crippen LogP contribution in [0.1, 0.15) is 21.6 Å². The maximum absolute atomic E-state index is 14.3. The van der Waals surface area contributed by atoms with Gasteiger partial charge in [-0.3, -0.25) is 13.9 Å². The molecule has 0 aliphatic heterocycles. The number of para-hydroxylation sites is 1. The molecule has 0 bridgehead atoms. The van der Waals surface area contributed by atoms with E-state index in [1.54, 1.807) is 42.5 Å². The predicted molar refractivity (Wildman–Crippen MR) is 110 cm³/mol. The third-order valence-electron chi connectivity index (χ3n) is 4.32. The van der Waals surface area contributed by atoms with Crippen molar-refractivity contribution in [2.75, 3.05) is 0 Å². The predicted octanol–water partition coefficient (Wildman–Crippen LogP) is 2.64. The summed E-state index contributed by atoms with van der Waals surface area (Å²) in [4.78, 5) is 37.8. The molecule has 0 saturated carbocycles. The van der Waals surface area contributed by atoms with Crippen LogP contribution in [-0.4, -0.2) is 15.1 Å². The van der Waals surface area contributed by atoms with Crippen molar-refractivity contribution < 1.29 is 13.9 Å². The van der Waals surface area contributed by atoms with Crippen molar-refractivity contribution in [1.29, 1.82) is 0 Å². The Morgan fingerprint density at radius 1 is 1.07 bits per heavy atom. The number of nitrogens with zero attached hydrogens (tertiary/aromatic N) is 2. The quantitative estimate of drug-likeness (QED) is 0.318. The van der Waals surface area contributed by atoms with Gasteiger partial charge in [-0.15, -0.1) is 0 Å². The van der Waals surface area contributed by atoms with Gasteiger partial charge in [0.05, 0.1) is 0 Å². The van der Waals surface area contributed by atoms with Crippen LogP contribution in [0.5, 0.6) is 5.75 Å². The van der Waals surface area contributed by atoms with Gasteiger partial charge in [-0.2, -0.15) is 0 Å². The fourth-order valence-electron chi connectivity index (χ4n) is 2.79. The zero-order chi connectivity index (χ0) is 20.4. The molecule has 1 heterocycles. The normalized spacial score (nSPS) is 10.7. The number of carbonyl (C=O) groups is 1. The van der Waals surface area contributed by atoms with Gasteiger partial charge in [0.2, 0.25) is 0 Å². The average Bonchev–Trinajstić information content (AvgIpc) is 2.67. The highest BCUT2D eigenvalue weighted by atomic mass is 127. The van der Waals surface area contributed by atoms with E-state index in [1.807, 2.05) is 22.6 Å². The monoisotopic (exact) mass is 494 g/mol. The first-order chi connectivity index (χ1) is 13.3. The van der Waals surface area contributed by atoms with Crippen molar-refractivity contribution >= 4 is 28.6 Å². The van der Waals surface area contributed by atoms with Crippen molar-refractivity contribution in [2.24, 2.45) is 14.1 Å². The second-order valence-corrected chi connectivity index (χ2v) is 7.39. The third-order valence-corrected chi connectivity index (χ3v) is 4.99. The van der Waals surface area contributed by atoms with E-state index in [1.165, 1.54) is 24.7 Å². The van der Waals surface area contributed by atoms with Gasteiger partial charge in [-0.25, -0.2) is 14.0 Å². The molecular weight excluding hydrogens is 478 g/mol. The third kappa shape index (κ3) is 3.91. The molecule has 0 unspecified atom stereocenters. The first-order valence-electron chi connectivity index (χ1n) is 8.29. The lowest BCUT2D eigenvalue weighted by atomic mass is 10.0. The summed E-state index contributed by atoms with van der Waals surface area (Å²) in [6.07, 6.45) is -0.107. The van der Waals surface area contributed by atoms with E-state index in [0.717, 1.165) is 4.57 Å². The highest BCUT2D eigenvalue weighted by Gasteiger charge is 2.24. The highest BCUT2D eigenvalue weighted by Crippen LogP contribution is 2.18. The molecule has 28 heavy (non-hydrogen) atoms. The number of ether oxygens (including phenoxy) is 1. The van der Waals surface area contributed by atoms with Gasteiger partial charge in [0.1, 0.15) is 17.1 Å². The van der Waals surface area contributed by atoms with E-state index >= 15 is 0 Å². The summed E-state index contributed by atoms with van der Waals surface area (Å²) in [5.74, 6) is -1.12. The van der Waals surface area contributed by atoms with E-state index in [2.05, 4.69) is 0 Å². The molecule has 0 saturated heterocycles. The molecule has 144 valence electrons. The van der Waals surface area contributed by atoms with Crippen molar-refractivity contribution in [3.63, 3.8) is 0 Å². The van der Waals surface area contributed by atoms with Crippen LogP contribution in [0.15, 0.2) is 58.1 Å². The molecule has 0 atom stereocenters. The van der Waals surface area contributed by atoms with E-state index in [4.69, 9.17) is 4.74 Å². The van der Waals surface area contributed by atoms with Crippen LogP contribution in [0.4, 0.5) is 4.39 Å². The minimum Gasteiger partial charge on any atom is -0.423 e. The Morgan fingerprint density at radius 3 is 2.39 bits per heavy atom. The van der Waals surface area contributed by atoms with Crippen molar-refractivity contribution in [3.8, 4) is 5.75 Å². The minimum absolute atomic E-state index is 0.0918. The summed E-state index contributed by atoms with van der Waals surface area (Å²) >= 11 is 1.98. The van der Waals surface area contributed by atoms with Gasteiger partial charge >= 0.3 is 11.7 Å². The second kappa shape index (κ2) is 8.09. The molecule has 8 heteroatoms. The van der Waals surface area contributed by atoms with Crippen LogP contribution in [0, 0.1) is 9.39 Å². The summed E-state index contributed by atoms with van der Waals surface area (Å²) < 4.78 is 22.3. The molecule has 2 aromatic carbocycles. The Labute approximate surface area is 173 Å². The Kier molecular flexibility index (Phi) is 5.78. The zero-order valence-corrected chi connectivity index (χ0v) is 17.3. The fraction of sp³-hybridized carbons (Fsp3) is 0.150. The van der Waals surface area contributed by atoms with Gasteiger partial charge < -0.3 is 4.74 Å². The first kappa shape index (κ1) is 20.0. The number of rotatable bonds is 4. The molecule has 0 aliphatic carbocycles. The number of hydrogen-bond acceptors (Lipinski definition) is 4. The largest absolute Gasteiger partial charge is 0.423 e. The lowest BCUT2D eigenvalue weighted by Crippen LogP contribution is -2.43. The topological polar surface area (TPSA) is 70.3 Å². The zero-order valence-electron chi connectivity index (χ0n) is 15.1. The number of benzene rings is 2. The lowest BCUT2D eigenvalue weighted by molar-refractivity contribution is 0.0729. The fourth-order valence-corrected chi connectivity index (χ4v) is 3.24. The summed E-state index contributed by atoms with van der Waals surface area (Å²) in [6, 6.07) is 12.9. The van der Waals surface area contributed by atoms with E-state index < -0.39 is 23.0 Å². The van der Waals surface area contributed by atoms with Crippen LogP contribution >= 0.6 is 22.6 Å². The van der Waals surface area contributed by atoms with E-state index in [-0.39, 0.29) is 29.0 Å². The molecule has 0 fully saturated rings.